The van der Waals surface area contributed by atoms with Gasteiger partial charge in [0.25, 0.3) is 0 Å². The molecule has 106 valence electrons. The summed E-state index contributed by atoms with van der Waals surface area (Å²) in [4.78, 5) is 0. The molecule has 17 heavy (non-hydrogen) atoms. The lowest BCUT2D eigenvalue weighted by atomic mass is 9.96. The minimum atomic E-state index is 0. The van der Waals surface area contributed by atoms with E-state index in [4.69, 9.17) is 9.47 Å². The predicted molar refractivity (Wildman–Crippen MR) is 75.6 cm³/mol. The Morgan fingerprint density at radius 2 is 1.29 bits per heavy atom. The van der Waals surface area contributed by atoms with Crippen LogP contribution in [0.1, 0.15) is 53.3 Å². The van der Waals surface area contributed by atoms with E-state index in [1.807, 2.05) is 7.05 Å². The molecule has 2 aliphatic carbocycles. The van der Waals surface area contributed by atoms with Gasteiger partial charge in [0.2, 0.25) is 0 Å². The first-order chi connectivity index (χ1) is 8.28. The summed E-state index contributed by atoms with van der Waals surface area (Å²) in [6, 6.07) is 0. The third-order valence-corrected chi connectivity index (χ3v) is 3.37. The molecular weight excluding hydrogens is 214 g/mol. The maximum absolute atomic E-state index is 5.11. The van der Waals surface area contributed by atoms with Crippen LogP contribution < -0.4 is 5.32 Å². The molecule has 3 nitrogen and oxygen atoms in total. The van der Waals surface area contributed by atoms with E-state index >= 15 is 0 Å². The summed E-state index contributed by atoms with van der Waals surface area (Å²) in [6.07, 6.45) is 10.5. The Bertz CT molecular complexity index is 144. The molecule has 0 unspecified atom stereocenters. The topological polar surface area (TPSA) is 30.5 Å². The number of ether oxygens (including phenoxy) is 2. The van der Waals surface area contributed by atoms with Crippen LogP contribution in [0.4, 0.5) is 0 Å². The van der Waals surface area contributed by atoms with Crippen LogP contribution in [0, 0.1) is 0 Å². The summed E-state index contributed by atoms with van der Waals surface area (Å²) in [6.45, 7) is 3.14. The predicted octanol–water partition coefficient (Wildman–Crippen LogP) is 3.23. The van der Waals surface area contributed by atoms with Crippen LogP contribution in [-0.4, -0.2) is 40.0 Å². The summed E-state index contributed by atoms with van der Waals surface area (Å²) < 4.78 is 10.1. The highest BCUT2D eigenvalue weighted by Gasteiger charge is 2.14. The third-order valence-electron chi connectivity index (χ3n) is 3.37. The van der Waals surface area contributed by atoms with Crippen LogP contribution in [-0.2, 0) is 9.47 Å². The van der Waals surface area contributed by atoms with Crippen molar-refractivity contribution in [3.05, 3.63) is 0 Å². The average Bonchev–Trinajstić information content (AvgIpc) is 2.81. The maximum atomic E-state index is 5.11. The fourth-order valence-electron chi connectivity index (χ4n) is 1.73. The fraction of sp³-hybridized carbons (Fsp3) is 1.00. The first-order valence-electron chi connectivity index (χ1n) is 6.98. The van der Waals surface area contributed by atoms with E-state index in [0.29, 0.717) is 12.2 Å². The van der Waals surface area contributed by atoms with Gasteiger partial charge in [0.15, 0.2) is 0 Å². The lowest BCUT2D eigenvalue weighted by Crippen LogP contribution is -2.18. The zero-order valence-corrected chi connectivity index (χ0v) is 12.1. The highest BCUT2D eigenvalue weighted by atomic mass is 16.5. The van der Waals surface area contributed by atoms with Crippen molar-refractivity contribution in [2.24, 2.45) is 0 Å². The second-order valence-corrected chi connectivity index (χ2v) is 4.64. The molecule has 0 aromatic heterocycles. The van der Waals surface area contributed by atoms with Crippen LogP contribution in [0.25, 0.3) is 0 Å². The summed E-state index contributed by atoms with van der Waals surface area (Å²) in [5.41, 5.74) is 0. The Balaban J connectivity index is 0. The lowest BCUT2D eigenvalue weighted by Gasteiger charge is -2.22. The largest absolute Gasteiger partial charge is 0.381 e. The second kappa shape index (κ2) is 12.3. The first-order valence-corrected chi connectivity index (χ1v) is 6.98. The Labute approximate surface area is 109 Å². The summed E-state index contributed by atoms with van der Waals surface area (Å²) >= 11 is 0. The Morgan fingerprint density at radius 3 is 1.41 bits per heavy atom. The van der Waals surface area contributed by atoms with Gasteiger partial charge in [-0.25, -0.2) is 0 Å². The van der Waals surface area contributed by atoms with E-state index in [1.165, 1.54) is 44.9 Å². The molecule has 0 spiro atoms. The van der Waals surface area contributed by atoms with Gasteiger partial charge in [0.1, 0.15) is 0 Å². The molecule has 2 rings (SSSR count). The zero-order valence-electron chi connectivity index (χ0n) is 12.1. The van der Waals surface area contributed by atoms with E-state index in [1.54, 1.807) is 14.2 Å². The van der Waals surface area contributed by atoms with Gasteiger partial charge in [-0.15, -0.1) is 0 Å². The van der Waals surface area contributed by atoms with Gasteiger partial charge in [-0.3, -0.25) is 0 Å². The van der Waals surface area contributed by atoms with Crippen molar-refractivity contribution in [3.63, 3.8) is 0 Å². The van der Waals surface area contributed by atoms with Crippen LogP contribution in [0.5, 0.6) is 0 Å². The molecule has 0 atom stereocenters. The third kappa shape index (κ3) is 9.57. The van der Waals surface area contributed by atoms with E-state index in [2.05, 4.69) is 12.2 Å². The molecule has 2 aliphatic rings. The molecule has 0 aromatic rings. The van der Waals surface area contributed by atoms with E-state index in [9.17, 15) is 0 Å². The fourth-order valence-corrected chi connectivity index (χ4v) is 1.73. The number of nitrogens with one attached hydrogen (secondary N) is 1. The molecule has 1 N–H and O–H groups in total. The molecule has 0 bridgehead atoms. The Kier molecular flexibility index (Phi) is 12.3. The van der Waals surface area contributed by atoms with Crippen LogP contribution in [0.15, 0.2) is 0 Å². The summed E-state index contributed by atoms with van der Waals surface area (Å²) in [7, 11) is 5.51. The van der Waals surface area contributed by atoms with E-state index in [-0.39, 0.29) is 1.43 Å². The molecule has 0 saturated heterocycles. The molecule has 2 fully saturated rings. The smallest absolute Gasteiger partial charge is 0.0571 e. The average molecular weight is 247 g/mol. The Morgan fingerprint density at radius 1 is 0.941 bits per heavy atom. The highest BCUT2D eigenvalue weighted by Crippen LogP contribution is 2.20. The van der Waals surface area contributed by atoms with Crippen molar-refractivity contribution in [2.45, 2.75) is 64.1 Å². The minimum absolute atomic E-state index is 0. The minimum Gasteiger partial charge on any atom is -0.381 e. The van der Waals surface area contributed by atoms with Crippen molar-refractivity contribution >= 4 is 0 Å². The maximum Gasteiger partial charge on any atom is 0.0571 e. The molecule has 3 heteroatoms. The van der Waals surface area contributed by atoms with Crippen molar-refractivity contribution in [3.8, 4) is 0 Å². The normalized spacial score (nSPS) is 19.8. The van der Waals surface area contributed by atoms with Crippen LogP contribution in [0.3, 0.4) is 0 Å². The van der Waals surface area contributed by atoms with Gasteiger partial charge >= 0.3 is 0 Å². The molecule has 0 aromatic carbocycles. The highest BCUT2D eigenvalue weighted by molar-refractivity contribution is 4.67. The van der Waals surface area contributed by atoms with Gasteiger partial charge in [-0.1, -0.05) is 19.8 Å². The SMILES string of the molecule is CCNC.COC1CCC1.COC1CCCC1.[HH]. The lowest BCUT2D eigenvalue weighted by molar-refractivity contribution is 0.0412. The number of hydrogen-bond acceptors (Lipinski definition) is 3. The van der Waals surface area contributed by atoms with Crippen LogP contribution in [0.2, 0.25) is 0 Å². The van der Waals surface area contributed by atoms with Crippen molar-refractivity contribution in [2.75, 3.05) is 27.8 Å². The van der Waals surface area contributed by atoms with E-state index < -0.39 is 0 Å². The first kappa shape index (κ1) is 16.9. The van der Waals surface area contributed by atoms with Crippen molar-refractivity contribution in [1.82, 2.24) is 5.32 Å². The summed E-state index contributed by atoms with van der Waals surface area (Å²) in [5.74, 6) is 0. The van der Waals surface area contributed by atoms with Gasteiger partial charge in [-0.2, -0.15) is 0 Å². The number of methoxy groups -OCH3 is 2. The molecule has 0 radical (unpaired) electrons. The van der Waals surface area contributed by atoms with Gasteiger partial charge in [-0.05, 0) is 45.7 Å². The Hall–Kier alpha value is -0.120. The molecule has 0 aliphatic heterocycles. The molecule has 2 saturated carbocycles. The molecular formula is C14H33NO2. The quantitative estimate of drug-likeness (QED) is 0.830. The second-order valence-electron chi connectivity index (χ2n) is 4.64. The van der Waals surface area contributed by atoms with Crippen LogP contribution >= 0.6 is 0 Å². The zero-order chi connectivity index (χ0) is 12.9. The van der Waals surface area contributed by atoms with Crippen molar-refractivity contribution < 1.29 is 10.9 Å². The van der Waals surface area contributed by atoms with E-state index in [0.717, 1.165) is 6.54 Å². The van der Waals surface area contributed by atoms with Gasteiger partial charge in [0.05, 0.1) is 12.2 Å². The monoisotopic (exact) mass is 247 g/mol. The number of hydrogen-bond donors (Lipinski definition) is 1. The number of rotatable bonds is 3. The van der Waals surface area contributed by atoms with Crippen molar-refractivity contribution in [1.29, 1.82) is 0 Å². The molecule has 0 amide bonds. The van der Waals surface area contributed by atoms with Gasteiger partial charge in [0, 0.05) is 15.6 Å². The standard InChI is InChI=1S/C6H12O.C5H10O.C3H9N.H2/c1-7-6-4-2-3-5-6;1-6-5-3-2-4-5;1-3-4-2;/h6H,2-5H2,1H3;5H,2-4H2,1H3;4H,3H2,1-2H3;1H. The summed E-state index contributed by atoms with van der Waals surface area (Å²) in [5, 5.41) is 2.93. The molecule has 0 heterocycles. The van der Waals surface area contributed by atoms with Gasteiger partial charge < -0.3 is 14.8 Å².